The van der Waals surface area contributed by atoms with Crippen LogP contribution in [0.15, 0.2) is 37.1 Å². The van der Waals surface area contributed by atoms with Gasteiger partial charge in [0, 0.05) is 5.41 Å². The van der Waals surface area contributed by atoms with Crippen LogP contribution in [0.1, 0.15) is 39.7 Å². The molecular weight excluding hydrogens is 296 g/mol. The molecule has 1 atom stereocenters. The number of aryl methyl sites for hydroxylation is 1. The van der Waals surface area contributed by atoms with E-state index in [0.717, 1.165) is 6.42 Å². The zero-order valence-electron chi connectivity index (χ0n) is 15.0. The van der Waals surface area contributed by atoms with Crippen LogP contribution in [0.5, 0.6) is 0 Å². The minimum Gasteiger partial charge on any atom is -0.295 e. The number of benzene rings is 1. The molecule has 4 heteroatoms. The van der Waals surface area contributed by atoms with Crippen LogP contribution in [0.25, 0.3) is 27.5 Å². The molecule has 0 N–H and O–H groups in total. The second kappa shape index (κ2) is 4.00. The van der Waals surface area contributed by atoms with E-state index < -0.39 is 0 Å². The molecular formula is C20H23N4+. The summed E-state index contributed by atoms with van der Waals surface area (Å²) in [5.74, 6) is 0. The molecule has 1 unspecified atom stereocenters. The third-order valence-electron chi connectivity index (χ3n) is 6.78. The van der Waals surface area contributed by atoms with Crippen LogP contribution < -0.4 is 4.57 Å². The van der Waals surface area contributed by atoms with E-state index in [1.165, 1.54) is 33.0 Å². The van der Waals surface area contributed by atoms with Gasteiger partial charge in [0.25, 0.3) is 0 Å². The molecule has 0 saturated heterocycles. The largest absolute Gasteiger partial charge is 0.295 e. The van der Waals surface area contributed by atoms with Crippen molar-refractivity contribution >= 4 is 27.5 Å². The Bertz CT molecular complexity index is 1150. The predicted octanol–water partition coefficient (Wildman–Crippen LogP) is 3.68. The molecule has 1 aliphatic rings. The average Bonchev–Trinajstić information content (AvgIpc) is 3.17. The van der Waals surface area contributed by atoms with E-state index in [2.05, 4.69) is 77.8 Å². The van der Waals surface area contributed by atoms with Gasteiger partial charge in [-0.25, -0.2) is 14.1 Å². The highest BCUT2D eigenvalue weighted by molar-refractivity contribution is 6.10. The molecule has 0 aliphatic carbocycles. The molecule has 4 heterocycles. The fourth-order valence-electron chi connectivity index (χ4n) is 4.86. The fourth-order valence-corrected chi connectivity index (χ4v) is 4.86. The van der Waals surface area contributed by atoms with Crippen molar-refractivity contribution in [2.24, 2.45) is 7.05 Å². The Balaban J connectivity index is 2.21. The lowest BCUT2D eigenvalue weighted by Crippen LogP contribution is -2.49. The number of rotatable bonds is 1. The molecule has 5 rings (SSSR count). The summed E-state index contributed by atoms with van der Waals surface area (Å²) in [6.45, 7) is 9.47. The standard InChI is InChI=1S/C20H23N4/c1-6-20(4)13-8-7-9-14-16(13)18-17(15-10-21-11-23(14)15)22(5)12-24(18)19(20,2)3/h7-12H,6H2,1-5H3/q+1. The molecule has 0 bridgehead atoms. The Hall–Kier alpha value is -2.36. The lowest BCUT2D eigenvalue weighted by Gasteiger charge is -2.45. The van der Waals surface area contributed by atoms with Crippen molar-refractivity contribution in [2.75, 3.05) is 0 Å². The summed E-state index contributed by atoms with van der Waals surface area (Å²) in [6, 6.07) is 6.75. The minimum atomic E-state index is 0.000901. The van der Waals surface area contributed by atoms with Crippen LogP contribution in [-0.4, -0.2) is 14.0 Å². The molecule has 1 aliphatic heterocycles. The van der Waals surface area contributed by atoms with E-state index in [1.54, 1.807) is 0 Å². The molecule has 1 aromatic carbocycles. The van der Waals surface area contributed by atoms with Gasteiger partial charge in [-0.1, -0.05) is 26.0 Å². The first-order valence-electron chi connectivity index (χ1n) is 8.70. The van der Waals surface area contributed by atoms with Crippen molar-refractivity contribution in [3.8, 4) is 0 Å². The fraction of sp³-hybridized carbons (Fsp3) is 0.400. The highest BCUT2D eigenvalue weighted by atomic mass is 15.2. The second-order valence-electron chi connectivity index (χ2n) is 7.89. The van der Waals surface area contributed by atoms with E-state index in [1.807, 2.05) is 12.5 Å². The van der Waals surface area contributed by atoms with Gasteiger partial charge in [0.1, 0.15) is 11.1 Å². The zero-order chi connectivity index (χ0) is 16.9. The molecule has 24 heavy (non-hydrogen) atoms. The Kier molecular flexibility index (Phi) is 2.33. The van der Waals surface area contributed by atoms with Crippen molar-refractivity contribution in [2.45, 2.75) is 45.1 Å². The van der Waals surface area contributed by atoms with Gasteiger partial charge in [-0.05, 0) is 31.9 Å². The third kappa shape index (κ3) is 1.26. The summed E-state index contributed by atoms with van der Waals surface area (Å²) in [5.41, 5.74) is 6.56. The third-order valence-corrected chi connectivity index (χ3v) is 6.78. The molecule has 4 aromatic rings. The highest BCUT2D eigenvalue weighted by Crippen LogP contribution is 2.51. The molecule has 0 spiro atoms. The smallest absolute Gasteiger partial charge is 0.245 e. The summed E-state index contributed by atoms with van der Waals surface area (Å²) >= 11 is 0. The highest BCUT2D eigenvalue weighted by Gasteiger charge is 2.51. The molecule has 122 valence electrons. The first-order chi connectivity index (χ1) is 11.4. The molecule has 0 amide bonds. The normalized spacial score (nSPS) is 22.2. The SMILES string of the molecule is CCC1(C)c2cccc3c2c2c(c4cncn34)[n+](C)cn2C1(C)C. The van der Waals surface area contributed by atoms with E-state index in [4.69, 9.17) is 0 Å². The summed E-state index contributed by atoms with van der Waals surface area (Å²) in [4.78, 5) is 4.44. The number of fused-ring (bicyclic) bond motifs is 3. The average molecular weight is 319 g/mol. The van der Waals surface area contributed by atoms with Crippen LogP contribution in [0.4, 0.5) is 0 Å². The van der Waals surface area contributed by atoms with Crippen molar-refractivity contribution in [1.29, 1.82) is 0 Å². The maximum atomic E-state index is 4.44. The summed E-state index contributed by atoms with van der Waals surface area (Å²) < 4.78 is 6.99. The first kappa shape index (κ1) is 14.0. The monoisotopic (exact) mass is 319 g/mol. The van der Waals surface area contributed by atoms with Gasteiger partial charge >= 0.3 is 0 Å². The van der Waals surface area contributed by atoms with E-state index >= 15 is 0 Å². The zero-order valence-corrected chi connectivity index (χ0v) is 15.0. The van der Waals surface area contributed by atoms with E-state index in [0.29, 0.717) is 0 Å². The van der Waals surface area contributed by atoms with Crippen molar-refractivity contribution in [1.82, 2.24) is 14.0 Å². The Morgan fingerprint density at radius 3 is 2.71 bits per heavy atom. The number of hydrogen-bond donors (Lipinski definition) is 0. The first-order valence-corrected chi connectivity index (χ1v) is 8.70. The van der Waals surface area contributed by atoms with Crippen LogP contribution in [0.2, 0.25) is 0 Å². The number of pyridine rings is 1. The van der Waals surface area contributed by atoms with Gasteiger partial charge in [-0.2, -0.15) is 0 Å². The van der Waals surface area contributed by atoms with Gasteiger partial charge in [0.15, 0.2) is 11.0 Å². The van der Waals surface area contributed by atoms with E-state index in [9.17, 15) is 0 Å². The minimum absolute atomic E-state index is 0.000901. The lowest BCUT2D eigenvalue weighted by molar-refractivity contribution is -0.645. The summed E-state index contributed by atoms with van der Waals surface area (Å²) in [7, 11) is 2.14. The summed E-state index contributed by atoms with van der Waals surface area (Å²) in [5, 5.41) is 1.38. The Labute approximate surface area is 141 Å². The molecule has 0 saturated carbocycles. The van der Waals surface area contributed by atoms with Crippen LogP contribution in [0, 0.1) is 0 Å². The molecule has 0 radical (unpaired) electrons. The summed E-state index contributed by atoms with van der Waals surface area (Å²) in [6.07, 6.45) is 7.28. The van der Waals surface area contributed by atoms with Crippen molar-refractivity contribution in [3.05, 3.63) is 42.6 Å². The maximum absolute atomic E-state index is 4.44. The van der Waals surface area contributed by atoms with Gasteiger partial charge in [-0.3, -0.25) is 4.40 Å². The molecule has 0 fully saturated rings. The number of aromatic nitrogens is 4. The molecule has 3 aromatic heterocycles. The van der Waals surface area contributed by atoms with Crippen molar-refractivity contribution in [3.63, 3.8) is 0 Å². The van der Waals surface area contributed by atoms with Crippen LogP contribution >= 0.6 is 0 Å². The molecule has 4 nitrogen and oxygen atoms in total. The number of nitrogens with zero attached hydrogens (tertiary/aromatic N) is 4. The topological polar surface area (TPSA) is 26.1 Å². The number of imidazole rings is 2. The quantitative estimate of drug-likeness (QED) is 0.492. The maximum Gasteiger partial charge on any atom is 0.245 e. The second-order valence-corrected chi connectivity index (χ2v) is 7.89. The van der Waals surface area contributed by atoms with Gasteiger partial charge < -0.3 is 0 Å². The van der Waals surface area contributed by atoms with Crippen LogP contribution in [-0.2, 0) is 18.0 Å². The van der Waals surface area contributed by atoms with Crippen molar-refractivity contribution < 1.29 is 4.57 Å². The van der Waals surface area contributed by atoms with Gasteiger partial charge in [0.05, 0.1) is 30.5 Å². The number of hydrogen-bond acceptors (Lipinski definition) is 1. The lowest BCUT2D eigenvalue weighted by atomic mass is 9.63. The Morgan fingerprint density at radius 2 is 1.96 bits per heavy atom. The van der Waals surface area contributed by atoms with Gasteiger partial charge in [-0.15, -0.1) is 0 Å². The van der Waals surface area contributed by atoms with Gasteiger partial charge in [0.2, 0.25) is 6.33 Å². The van der Waals surface area contributed by atoms with Crippen LogP contribution in [0.3, 0.4) is 0 Å². The Morgan fingerprint density at radius 1 is 1.17 bits per heavy atom. The van der Waals surface area contributed by atoms with E-state index in [-0.39, 0.29) is 11.0 Å². The predicted molar refractivity (Wildman–Crippen MR) is 96.3 cm³/mol.